The minimum Gasteiger partial charge on any atom is -0.308 e. The first-order chi connectivity index (χ1) is 8.40. The van der Waals surface area contributed by atoms with Gasteiger partial charge in [-0.15, -0.1) is 11.3 Å². The lowest BCUT2D eigenvalue weighted by Gasteiger charge is -1.98. The average molecular weight is 244 g/mol. The van der Waals surface area contributed by atoms with Crippen LogP contribution in [0.25, 0.3) is 0 Å². The third-order valence-corrected chi connectivity index (χ3v) is 3.84. The summed E-state index contributed by atoms with van der Waals surface area (Å²) in [5.41, 5.74) is 2.52. The zero-order valence-corrected chi connectivity index (χ0v) is 10.5. The van der Waals surface area contributed by atoms with Crippen LogP contribution in [0.3, 0.4) is 0 Å². The van der Waals surface area contributed by atoms with Gasteiger partial charge in [-0.3, -0.25) is 0 Å². The Balaban J connectivity index is 1.59. The van der Waals surface area contributed by atoms with Crippen molar-refractivity contribution < 1.29 is 0 Å². The van der Waals surface area contributed by atoms with E-state index in [-0.39, 0.29) is 0 Å². The van der Waals surface area contributed by atoms with Gasteiger partial charge in [-0.05, 0) is 18.4 Å². The number of benzene rings is 1. The van der Waals surface area contributed by atoms with Crippen molar-refractivity contribution in [2.45, 2.75) is 31.8 Å². The minimum absolute atomic E-state index is 0.759. The lowest BCUT2D eigenvalue weighted by Crippen LogP contribution is -2.15. The summed E-state index contributed by atoms with van der Waals surface area (Å²) in [6.45, 7) is 0.927. The summed E-state index contributed by atoms with van der Waals surface area (Å²) in [5, 5.41) is 6.88. The molecule has 1 saturated carbocycles. The zero-order valence-electron chi connectivity index (χ0n) is 9.73. The molecule has 0 unspecified atom stereocenters. The Labute approximate surface area is 106 Å². The van der Waals surface area contributed by atoms with Crippen molar-refractivity contribution in [3.63, 3.8) is 0 Å². The quantitative estimate of drug-likeness (QED) is 0.874. The normalized spacial score (nSPS) is 15.1. The summed E-state index contributed by atoms with van der Waals surface area (Å²) in [7, 11) is 0. The number of hydrogen-bond donors (Lipinski definition) is 1. The number of rotatable bonds is 5. The highest BCUT2D eigenvalue weighted by Gasteiger charge is 2.20. The Hall–Kier alpha value is -1.19. The minimum atomic E-state index is 0.759. The fourth-order valence-corrected chi connectivity index (χ4v) is 2.65. The van der Waals surface area contributed by atoms with Crippen LogP contribution < -0.4 is 5.32 Å². The van der Waals surface area contributed by atoms with Crippen LogP contribution in [-0.2, 0) is 13.0 Å². The van der Waals surface area contributed by atoms with Gasteiger partial charge in [0.05, 0.1) is 10.7 Å². The van der Waals surface area contributed by atoms with Crippen molar-refractivity contribution >= 4 is 11.3 Å². The molecule has 0 saturated heterocycles. The Morgan fingerprint density at radius 2 is 2.06 bits per heavy atom. The van der Waals surface area contributed by atoms with Crippen molar-refractivity contribution in [3.8, 4) is 0 Å². The molecule has 0 amide bonds. The number of nitrogens with zero attached hydrogens (tertiary/aromatic N) is 1. The zero-order chi connectivity index (χ0) is 11.5. The second-order valence-electron chi connectivity index (χ2n) is 4.55. The van der Waals surface area contributed by atoms with Gasteiger partial charge in [0.2, 0.25) is 0 Å². The summed E-state index contributed by atoms with van der Waals surface area (Å²) >= 11 is 1.77. The van der Waals surface area contributed by atoms with Crippen LogP contribution in [0.1, 0.15) is 29.1 Å². The van der Waals surface area contributed by atoms with Crippen molar-refractivity contribution in [2.75, 3.05) is 0 Å². The maximum Gasteiger partial charge on any atom is 0.0972 e. The molecule has 88 valence electrons. The van der Waals surface area contributed by atoms with Crippen LogP contribution in [0.5, 0.6) is 0 Å². The first kappa shape index (κ1) is 10.9. The molecule has 0 bridgehead atoms. The number of nitrogens with one attached hydrogen (secondary N) is 1. The molecular weight excluding hydrogens is 228 g/mol. The van der Waals surface area contributed by atoms with Gasteiger partial charge in [-0.25, -0.2) is 4.98 Å². The van der Waals surface area contributed by atoms with Crippen LogP contribution in [0.4, 0.5) is 0 Å². The first-order valence-electron chi connectivity index (χ1n) is 6.11. The molecule has 3 heteroatoms. The SMILES string of the molecule is c1ccc(Cc2nc(CNC3CC3)cs2)cc1. The molecule has 3 rings (SSSR count). The number of thiazole rings is 1. The number of aromatic nitrogens is 1. The van der Waals surface area contributed by atoms with Gasteiger partial charge in [0.15, 0.2) is 0 Å². The van der Waals surface area contributed by atoms with Gasteiger partial charge in [-0.1, -0.05) is 30.3 Å². The van der Waals surface area contributed by atoms with Crippen molar-refractivity contribution in [1.29, 1.82) is 0 Å². The molecule has 1 heterocycles. The Morgan fingerprint density at radius 1 is 1.24 bits per heavy atom. The van der Waals surface area contributed by atoms with E-state index >= 15 is 0 Å². The van der Waals surface area contributed by atoms with Gasteiger partial charge in [0, 0.05) is 24.4 Å². The second-order valence-corrected chi connectivity index (χ2v) is 5.49. The summed E-state index contributed by atoms with van der Waals surface area (Å²) < 4.78 is 0. The molecule has 2 aromatic rings. The highest BCUT2D eigenvalue weighted by atomic mass is 32.1. The van der Waals surface area contributed by atoms with E-state index in [1.807, 2.05) is 0 Å². The van der Waals surface area contributed by atoms with Gasteiger partial charge in [0.1, 0.15) is 0 Å². The molecule has 1 aliphatic rings. The van der Waals surface area contributed by atoms with Crippen LogP contribution >= 0.6 is 11.3 Å². The van der Waals surface area contributed by atoms with E-state index in [1.165, 1.54) is 29.1 Å². The van der Waals surface area contributed by atoms with E-state index in [4.69, 9.17) is 0 Å². The standard InChI is InChI=1S/C14H16N2S/c1-2-4-11(5-3-1)8-14-16-13(10-17-14)9-15-12-6-7-12/h1-5,10,12,15H,6-9H2. The summed E-state index contributed by atoms with van der Waals surface area (Å²) in [6, 6.07) is 11.3. The predicted octanol–water partition coefficient (Wildman–Crippen LogP) is 2.99. The topological polar surface area (TPSA) is 24.9 Å². The average Bonchev–Trinajstić information content (AvgIpc) is 3.09. The molecule has 1 aliphatic carbocycles. The summed E-state index contributed by atoms with van der Waals surface area (Å²) in [5.74, 6) is 0. The molecule has 0 radical (unpaired) electrons. The molecule has 0 atom stereocenters. The molecule has 1 aromatic heterocycles. The van der Waals surface area contributed by atoms with E-state index in [2.05, 4.69) is 46.0 Å². The lowest BCUT2D eigenvalue weighted by molar-refractivity contribution is 0.676. The summed E-state index contributed by atoms with van der Waals surface area (Å²) in [6.07, 6.45) is 3.62. The molecule has 1 fully saturated rings. The van der Waals surface area contributed by atoms with E-state index in [9.17, 15) is 0 Å². The maximum absolute atomic E-state index is 4.66. The van der Waals surface area contributed by atoms with Gasteiger partial charge < -0.3 is 5.32 Å². The molecule has 1 N–H and O–H groups in total. The van der Waals surface area contributed by atoms with Crippen molar-refractivity contribution in [2.24, 2.45) is 0 Å². The summed E-state index contributed by atoms with van der Waals surface area (Å²) in [4.78, 5) is 4.66. The third kappa shape index (κ3) is 3.14. The largest absolute Gasteiger partial charge is 0.308 e. The molecule has 17 heavy (non-hydrogen) atoms. The van der Waals surface area contributed by atoms with E-state index < -0.39 is 0 Å². The highest BCUT2D eigenvalue weighted by molar-refractivity contribution is 7.09. The molecule has 1 aromatic carbocycles. The molecule has 0 aliphatic heterocycles. The third-order valence-electron chi connectivity index (χ3n) is 2.95. The van der Waals surface area contributed by atoms with Crippen LogP contribution in [0.15, 0.2) is 35.7 Å². The van der Waals surface area contributed by atoms with Gasteiger partial charge in [0.25, 0.3) is 0 Å². The van der Waals surface area contributed by atoms with E-state index in [0.717, 1.165) is 19.0 Å². The van der Waals surface area contributed by atoms with E-state index in [0.29, 0.717) is 0 Å². The smallest absolute Gasteiger partial charge is 0.0972 e. The maximum atomic E-state index is 4.66. The van der Waals surface area contributed by atoms with Crippen LogP contribution in [0.2, 0.25) is 0 Å². The van der Waals surface area contributed by atoms with Crippen LogP contribution in [0, 0.1) is 0 Å². The monoisotopic (exact) mass is 244 g/mol. The second kappa shape index (κ2) is 4.98. The predicted molar refractivity (Wildman–Crippen MR) is 71.2 cm³/mol. The molecule has 0 spiro atoms. The van der Waals surface area contributed by atoms with Crippen molar-refractivity contribution in [1.82, 2.24) is 10.3 Å². The molecular formula is C14H16N2S. The fraction of sp³-hybridized carbons (Fsp3) is 0.357. The van der Waals surface area contributed by atoms with Gasteiger partial charge in [-0.2, -0.15) is 0 Å². The van der Waals surface area contributed by atoms with E-state index in [1.54, 1.807) is 11.3 Å². The van der Waals surface area contributed by atoms with Crippen molar-refractivity contribution in [3.05, 3.63) is 52.0 Å². The number of hydrogen-bond acceptors (Lipinski definition) is 3. The first-order valence-corrected chi connectivity index (χ1v) is 6.99. The Morgan fingerprint density at radius 3 is 2.82 bits per heavy atom. The highest BCUT2D eigenvalue weighted by Crippen LogP contribution is 2.20. The van der Waals surface area contributed by atoms with Crippen LogP contribution in [-0.4, -0.2) is 11.0 Å². The molecule has 2 nitrogen and oxygen atoms in total. The Bertz CT molecular complexity index is 474. The Kier molecular flexibility index (Phi) is 3.20. The lowest BCUT2D eigenvalue weighted by atomic mass is 10.2. The fourth-order valence-electron chi connectivity index (χ4n) is 1.82. The van der Waals surface area contributed by atoms with Gasteiger partial charge >= 0.3 is 0 Å².